The number of carboxylic acids is 1. The van der Waals surface area contributed by atoms with Crippen LogP contribution in [0.15, 0.2) is 0 Å². The van der Waals surface area contributed by atoms with E-state index >= 15 is 0 Å². The van der Waals surface area contributed by atoms with Crippen molar-refractivity contribution in [3.63, 3.8) is 0 Å². The Morgan fingerprint density at radius 3 is 2.35 bits per heavy atom. The SMILES string of the molecule is COCC(NC(=O)N(C)CC(F)(F)F)C(=O)O. The summed E-state index contributed by atoms with van der Waals surface area (Å²) in [5.74, 6) is -1.39. The zero-order valence-electron chi connectivity index (χ0n) is 9.24. The van der Waals surface area contributed by atoms with Gasteiger partial charge in [-0.3, -0.25) is 0 Å². The van der Waals surface area contributed by atoms with Crippen molar-refractivity contribution in [2.45, 2.75) is 12.2 Å². The number of amides is 2. The summed E-state index contributed by atoms with van der Waals surface area (Å²) in [5.41, 5.74) is 0. The van der Waals surface area contributed by atoms with Gasteiger partial charge in [0, 0.05) is 14.2 Å². The van der Waals surface area contributed by atoms with Crippen molar-refractivity contribution in [3.05, 3.63) is 0 Å². The summed E-state index contributed by atoms with van der Waals surface area (Å²) in [7, 11) is 2.12. The van der Waals surface area contributed by atoms with E-state index in [0.29, 0.717) is 4.90 Å². The zero-order valence-corrected chi connectivity index (χ0v) is 9.24. The molecule has 0 aliphatic rings. The Kier molecular flexibility index (Phi) is 5.72. The van der Waals surface area contributed by atoms with Crippen LogP contribution in [0, 0.1) is 0 Å². The summed E-state index contributed by atoms with van der Waals surface area (Å²) in [6.45, 7) is -1.79. The minimum Gasteiger partial charge on any atom is -0.480 e. The molecule has 17 heavy (non-hydrogen) atoms. The van der Waals surface area contributed by atoms with Gasteiger partial charge in [-0.1, -0.05) is 0 Å². The fraction of sp³-hybridized carbons (Fsp3) is 0.750. The first kappa shape index (κ1) is 15.5. The smallest absolute Gasteiger partial charge is 0.406 e. The zero-order chi connectivity index (χ0) is 13.6. The predicted octanol–water partition coefficient (Wildman–Crippen LogP) is 0.290. The Balaban J connectivity index is 4.35. The minimum atomic E-state index is -4.54. The van der Waals surface area contributed by atoms with Gasteiger partial charge in [-0.25, -0.2) is 9.59 Å². The molecule has 2 N–H and O–H groups in total. The number of aliphatic carboxylic acids is 1. The molecule has 1 atom stereocenters. The third-order valence-corrected chi connectivity index (χ3v) is 1.69. The number of nitrogens with one attached hydrogen (secondary N) is 1. The summed E-state index contributed by atoms with van der Waals surface area (Å²) in [6.07, 6.45) is -4.54. The second kappa shape index (κ2) is 6.28. The molecule has 0 saturated heterocycles. The van der Waals surface area contributed by atoms with Gasteiger partial charge in [-0.05, 0) is 0 Å². The van der Waals surface area contributed by atoms with Crippen LogP contribution in [0.2, 0.25) is 0 Å². The topological polar surface area (TPSA) is 78.9 Å². The summed E-state index contributed by atoms with van der Waals surface area (Å²) < 4.78 is 40.4. The standard InChI is InChI=1S/C8H13F3N2O4/c1-13(4-8(9,10)11)7(16)12-5(3-17-2)6(14)15/h5H,3-4H2,1-2H3,(H,12,16)(H,14,15). The molecule has 9 heteroatoms. The molecular weight excluding hydrogens is 245 g/mol. The maximum atomic E-state index is 11.9. The van der Waals surface area contributed by atoms with E-state index in [0.717, 1.165) is 7.05 Å². The van der Waals surface area contributed by atoms with Crippen molar-refractivity contribution in [1.82, 2.24) is 10.2 Å². The summed E-state index contributed by atoms with van der Waals surface area (Å²) in [4.78, 5) is 22.1. The van der Waals surface area contributed by atoms with E-state index in [1.807, 2.05) is 5.32 Å². The average Bonchev–Trinajstić information content (AvgIpc) is 2.13. The van der Waals surface area contributed by atoms with Gasteiger partial charge in [0.25, 0.3) is 0 Å². The molecule has 0 spiro atoms. The molecule has 100 valence electrons. The number of rotatable bonds is 5. The van der Waals surface area contributed by atoms with E-state index in [-0.39, 0.29) is 6.61 Å². The summed E-state index contributed by atoms with van der Waals surface area (Å²) in [5, 5.41) is 10.5. The molecular formula is C8H13F3N2O4. The monoisotopic (exact) mass is 258 g/mol. The minimum absolute atomic E-state index is 0.332. The maximum Gasteiger partial charge on any atom is 0.406 e. The van der Waals surface area contributed by atoms with Gasteiger partial charge in [0.1, 0.15) is 6.54 Å². The van der Waals surface area contributed by atoms with Gasteiger partial charge in [-0.15, -0.1) is 0 Å². The molecule has 0 saturated carbocycles. The molecule has 0 aromatic carbocycles. The van der Waals surface area contributed by atoms with Crippen LogP contribution in [-0.4, -0.2) is 61.5 Å². The van der Waals surface area contributed by atoms with Crippen LogP contribution in [0.4, 0.5) is 18.0 Å². The highest BCUT2D eigenvalue weighted by atomic mass is 19.4. The summed E-state index contributed by atoms with van der Waals surface area (Å²) >= 11 is 0. The van der Waals surface area contributed by atoms with Gasteiger partial charge < -0.3 is 20.1 Å². The van der Waals surface area contributed by atoms with Gasteiger partial charge in [0.05, 0.1) is 6.61 Å². The molecule has 0 rings (SSSR count). The molecule has 6 nitrogen and oxygen atoms in total. The number of ether oxygens (including phenoxy) is 1. The highest BCUT2D eigenvalue weighted by Crippen LogP contribution is 2.15. The molecule has 1 unspecified atom stereocenters. The number of hydrogen-bond acceptors (Lipinski definition) is 3. The van der Waals surface area contributed by atoms with Crippen LogP contribution in [0.3, 0.4) is 0 Å². The molecule has 0 fully saturated rings. The van der Waals surface area contributed by atoms with E-state index in [2.05, 4.69) is 4.74 Å². The van der Waals surface area contributed by atoms with Crippen molar-refractivity contribution in [3.8, 4) is 0 Å². The first-order chi connectivity index (χ1) is 7.67. The van der Waals surface area contributed by atoms with Gasteiger partial charge in [0.2, 0.25) is 0 Å². The predicted molar refractivity (Wildman–Crippen MR) is 50.5 cm³/mol. The fourth-order valence-electron chi connectivity index (χ4n) is 0.941. The average molecular weight is 258 g/mol. The number of carbonyl (C=O) groups is 2. The number of carboxylic acid groups (broad SMARTS) is 1. The first-order valence-corrected chi connectivity index (χ1v) is 4.47. The van der Waals surface area contributed by atoms with Crippen LogP contribution in [-0.2, 0) is 9.53 Å². The van der Waals surface area contributed by atoms with Crippen LogP contribution in [0.5, 0.6) is 0 Å². The third-order valence-electron chi connectivity index (χ3n) is 1.69. The maximum absolute atomic E-state index is 11.9. The van der Waals surface area contributed by atoms with E-state index in [1.165, 1.54) is 7.11 Å². The quantitative estimate of drug-likeness (QED) is 0.743. The molecule has 2 amide bonds. The molecule has 0 radical (unpaired) electrons. The van der Waals surface area contributed by atoms with Crippen LogP contribution in [0.25, 0.3) is 0 Å². The number of urea groups is 1. The van der Waals surface area contributed by atoms with Crippen LogP contribution < -0.4 is 5.32 Å². The van der Waals surface area contributed by atoms with Crippen molar-refractivity contribution < 1.29 is 32.6 Å². The first-order valence-electron chi connectivity index (χ1n) is 4.47. The number of carbonyl (C=O) groups excluding carboxylic acids is 1. The molecule has 0 heterocycles. The van der Waals surface area contributed by atoms with Gasteiger partial charge >= 0.3 is 18.2 Å². The highest BCUT2D eigenvalue weighted by Gasteiger charge is 2.32. The Bertz CT molecular complexity index is 282. The number of hydrogen-bond donors (Lipinski definition) is 2. The Morgan fingerprint density at radius 1 is 1.47 bits per heavy atom. The number of halogens is 3. The van der Waals surface area contributed by atoms with Crippen molar-refractivity contribution in [1.29, 1.82) is 0 Å². The molecule has 0 aliphatic carbocycles. The highest BCUT2D eigenvalue weighted by molar-refractivity contribution is 5.82. The lowest BCUT2D eigenvalue weighted by Gasteiger charge is -2.21. The normalized spacial score (nSPS) is 13.0. The lowest BCUT2D eigenvalue weighted by Crippen LogP contribution is -2.50. The third kappa shape index (κ3) is 6.61. The lowest BCUT2D eigenvalue weighted by molar-refractivity contribution is -0.141. The molecule has 0 aliphatic heterocycles. The van der Waals surface area contributed by atoms with E-state index in [4.69, 9.17) is 5.11 Å². The lowest BCUT2D eigenvalue weighted by atomic mass is 10.3. The Labute approximate surface area is 95.3 Å². The molecule has 0 aromatic heterocycles. The molecule has 0 aromatic rings. The summed E-state index contributed by atoms with van der Waals surface area (Å²) in [6, 6.07) is -2.52. The van der Waals surface area contributed by atoms with Crippen LogP contribution >= 0.6 is 0 Å². The largest absolute Gasteiger partial charge is 0.480 e. The van der Waals surface area contributed by atoms with E-state index in [1.54, 1.807) is 0 Å². The van der Waals surface area contributed by atoms with Crippen molar-refractivity contribution >= 4 is 12.0 Å². The number of methoxy groups -OCH3 is 1. The Morgan fingerprint density at radius 2 is 2.00 bits per heavy atom. The molecule has 0 bridgehead atoms. The van der Waals surface area contributed by atoms with Crippen LogP contribution in [0.1, 0.15) is 0 Å². The van der Waals surface area contributed by atoms with E-state index < -0.39 is 30.8 Å². The fourth-order valence-corrected chi connectivity index (χ4v) is 0.941. The number of alkyl halides is 3. The Hall–Kier alpha value is -1.51. The second-order valence-electron chi connectivity index (χ2n) is 3.27. The van der Waals surface area contributed by atoms with E-state index in [9.17, 15) is 22.8 Å². The number of nitrogens with zero attached hydrogens (tertiary/aromatic N) is 1. The second-order valence-corrected chi connectivity index (χ2v) is 3.27. The van der Waals surface area contributed by atoms with Gasteiger partial charge in [-0.2, -0.15) is 13.2 Å². The van der Waals surface area contributed by atoms with Crippen molar-refractivity contribution in [2.75, 3.05) is 27.3 Å². The van der Waals surface area contributed by atoms with Crippen molar-refractivity contribution in [2.24, 2.45) is 0 Å². The van der Waals surface area contributed by atoms with Gasteiger partial charge in [0.15, 0.2) is 6.04 Å².